The number of rotatable bonds is 5. The predicted molar refractivity (Wildman–Crippen MR) is 133 cm³/mol. The normalized spacial score (nSPS) is 14.4. The van der Waals surface area contributed by atoms with Crippen LogP contribution in [0.5, 0.6) is 0 Å². The Bertz CT molecular complexity index is 1620. The number of pyridine rings is 3. The van der Waals surface area contributed by atoms with Crippen molar-refractivity contribution in [2.24, 2.45) is 0 Å². The number of benzene rings is 1. The van der Waals surface area contributed by atoms with Crippen molar-refractivity contribution in [2.45, 2.75) is 42.6 Å². The molecule has 0 aliphatic heterocycles. The van der Waals surface area contributed by atoms with Crippen LogP contribution in [0.1, 0.15) is 37.3 Å². The molecule has 1 fully saturated rings. The van der Waals surface area contributed by atoms with E-state index in [4.69, 9.17) is 0 Å². The summed E-state index contributed by atoms with van der Waals surface area (Å²) in [6.07, 6.45) is 7.77. The Kier molecular flexibility index (Phi) is 5.26. The summed E-state index contributed by atoms with van der Waals surface area (Å²) >= 11 is 1.49. The molecule has 1 N–H and O–H groups in total. The Labute approximate surface area is 198 Å². The van der Waals surface area contributed by atoms with E-state index in [1.54, 1.807) is 22.9 Å². The van der Waals surface area contributed by atoms with Gasteiger partial charge in [0, 0.05) is 24.2 Å². The van der Waals surface area contributed by atoms with Crippen LogP contribution in [-0.4, -0.2) is 29.3 Å². The van der Waals surface area contributed by atoms with E-state index in [0.717, 1.165) is 31.4 Å². The Morgan fingerprint density at radius 2 is 1.65 bits per heavy atom. The highest BCUT2D eigenvalue weighted by molar-refractivity contribution is 7.98. The molecular formula is C25H22N6O2S. The van der Waals surface area contributed by atoms with Gasteiger partial charge in [0.15, 0.2) is 0 Å². The monoisotopic (exact) mass is 470 g/mol. The minimum atomic E-state index is -0.293. The van der Waals surface area contributed by atoms with Crippen LogP contribution < -0.4 is 11.1 Å². The van der Waals surface area contributed by atoms with Gasteiger partial charge in [-0.15, -0.1) is 5.10 Å². The van der Waals surface area contributed by atoms with E-state index in [-0.39, 0.29) is 17.2 Å². The van der Waals surface area contributed by atoms with Crippen LogP contribution in [0.2, 0.25) is 0 Å². The second-order valence-corrected chi connectivity index (χ2v) is 9.47. The van der Waals surface area contributed by atoms with Crippen molar-refractivity contribution in [1.29, 1.82) is 0 Å². The Hall–Kier alpha value is -3.72. The number of hydrogen-bond donors (Lipinski definition) is 1. The fourth-order valence-electron chi connectivity index (χ4n) is 4.61. The smallest absolute Gasteiger partial charge is 0.266 e. The van der Waals surface area contributed by atoms with Crippen molar-refractivity contribution in [1.82, 2.24) is 29.3 Å². The summed E-state index contributed by atoms with van der Waals surface area (Å²) in [4.78, 5) is 35.6. The largest absolute Gasteiger partial charge is 0.312 e. The second kappa shape index (κ2) is 8.57. The maximum Gasteiger partial charge on any atom is 0.266 e. The van der Waals surface area contributed by atoms with Gasteiger partial charge in [-0.25, -0.2) is 10.1 Å². The predicted octanol–water partition coefficient (Wildman–Crippen LogP) is 4.23. The average Bonchev–Trinajstić information content (AvgIpc) is 3.56. The van der Waals surface area contributed by atoms with Crippen LogP contribution in [0, 0.1) is 0 Å². The topological polar surface area (TPSA) is 98.5 Å². The van der Waals surface area contributed by atoms with E-state index in [0.29, 0.717) is 32.9 Å². The number of aromatic nitrogens is 6. The van der Waals surface area contributed by atoms with Gasteiger partial charge in [-0.3, -0.25) is 14.2 Å². The molecule has 1 aliphatic carbocycles. The van der Waals surface area contributed by atoms with Gasteiger partial charge >= 0.3 is 0 Å². The summed E-state index contributed by atoms with van der Waals surface area (Å²) in [6, 6.07) is 15.6. The van der Waals surface area contributed by atoms with E-state index >= 15 is 0 Å². The lowest BCUT2D eigenvalue weighted by Gasteiger charge is -2.14. The van der Waals surface area contributed by atoms with Gasteiger partial charge in [-0.1, -0.05) is 54.9 Å². The molecule has 1 aliphatic rings. The van der Waals surface area contributed by atoms with Crippen LogP contribution in [-0.2, 0) is 5.75 Å². The molecule has 0 spiro atoms. The molecule has 0 atom stereocenters. The molecule has 0 unspecified atom stereocenters. The third-order valence-electron chi connectivity index (χ3n) is 6.38. The molecule has 4 aromatic heterocycles. The van der Waals surface area contributed by atoms with Gasteiger partial charge in [-0.05, 0) is 36.6 Å². The van der Waals surface area contributed by atoms with E-state index in [1.165, 1.54) is 21.9 Å². The van der Waals surface area contributed by atoms with Crippen LogP contribution in [0.25, 0.3) is 27.8 Å². The lowest BCUT2D eigenvalue weighted by atomic mass is 10.1. The number of thioether (sulfide) groups is 1. The zero-order chi connectivity index (χ0) is 23.1. The van der Waals surface area contributed by atoms with Crippen molar-refractivity contribution in [3.63, 3.8) is 0 Å². The zero-order valence-electron chi connectivity index (χ0n) is 18.3. The van der Waals surface area contributed by atoms with Gasteiger partial charge in [0.25, 0.3) is 11.1 Å². The Balaban J connectivity index is 1.37. The van der Waals surface area contributed by atoms with E-state index in [2.05, 4.69) is 20.2 Å². The van der Waals surface area contributed by atoms with Gasteiger partial charge < -0.3 is 4.57 Å². The first-order valence-electron chi connectivity index (χ1n) is 11.3. The van der Waals surface area contributed by atoms with Gasteiger partial charge in [0.2, 0.25) is 11.1 Å². The van der Waals surface area contributed by atoms with E-state index < -0.39 is 0 Å². The molecule has 9 heteroatoms. The summed E-state index contributed by atoms with van der Waals surface area (Å²) in [7, 11) is 0. The Morgan fingerprint density at radius 1 is 0.912 bits per heavy atom. The van der Waals surface area contributed by atoms with E-state index in [9.17, 15) is 9.59 Å². The SMILES string of the molecule is O=c1c2cc3c(=O)n(C4CCCC4)ccc3nc2ccn1-c1nc(SCc2ccccc2)n[nH]1. The van der Waals surface area contributed by atoms with Crippen LogP contribution in [0.3, 0.4) is 0 Å². The lowest BCUT2D eigenvalue weighted by molar-refractivity contribution is 0.505. The number of aromatic amines is 1. The molecule has 0 bridgehead atoms. The molecule has 8 nitrogen and oxygen atoms in total. The van der Waals surface area contributed by atoms with Gasteiger partial charge in [0.1, 0.15) is 0 Å². The minimum absolute atomic E-state index is 0.0899. The van der Waals surface area contributed by atoms with Crippen molar-refractivity contribution >= 4 is 33.6 Å². The molecular weight excluding hydrogens is 448 g/mol. The second-order valence-electron chi connectivity index (χ2n) is 8.53. The highest BCUT2D eigenvalue weighted by Crippen LogP contribution is 2.28. The molecule has 0 amide bonds. The molecule has 34 heavy (non-hydrogen) atoms. The molecule has 6 rings (SSSR count). The molecule has 0 saturated heterocycles. The van der Waals surface area contributed by atoms with Gasteiger partial charge in [0.05, 0.1) is 21.8 Å². The molecule has 4 heterocycles. The summed E-state index contributed by atoms with van der Waals surface area (Å²) < 4.78 is 3.21. The van der Waals surface area contributed by atoms with Crippen LogP contribution >= 0.6 is 11.8 Å². The number of nitrogens with one attached hydrogen (secondary N) is 1. The first-order valence-corrected chi connectivity index (χ1v) is 12.3. The maximum atomic E-state index is 13.3. The fourth-order valence-corrected chi connectivity index (χ4v) is 5.36. The standard InChI is InChI=1S/C25H22N6O2S/c32-22-18-14-19-21(26-20(18)10-12-30(22)17-8-4-5-9-17)11-13-31(23(19)33)24-27-25(29-28-24)34-15-16-6-2-1-3-7-16/h1-3,6-7,10-14,17H,4-5,8-9,15H2,(H,27,28,29). The minimum Gasteiger partial charge on any atom is -0.312 e. The van der Waals surface area contributed by atoms with Crippen molar-refractivity contribution in [2.75, 3.05) is 0 Å². The highest BCUT2D eigenvalue weighted by Gasteiger charge is 2.19. The summed E-state index contributed by atoms with van der Waals surface area (Å²) in [5.41, 5.74) is 1.93. The molecule has 5 aromatic rings. The summed E-state index contributed by atoms with van der Waals surface area (Å²) in [5, 5.41) is 8.50. The third-order valence-corrected chi connectivity index (χ3v) is 7.30. The first-order chi connectivity index (χ1) is 16.7. The third kappa shape index (κ3) is 3.71. The zero-order valence-corrected chi connectivity index (χ0v) is 19.2. The Morgan fingerprint density at radius 3 is 2.44 bits per heavy atom. The van der Waals surface area contributed by atoms with Gasteiger partial charge in [-0.2, -0.15) is 4.98 Å². The summed E-state index contributed by atoms with van der Waals surface area (Å²) in [6.45, 7) is 0. The van der Waals surface area contributed by atoms with Crippen LogP contribution in [0.15, 0.2) is 75.7 Å². The lowest BCUT2D eigenvalue weighted by Crippen LogP contribution is -2.24. The molecule has 1 saturated carbocycles. The number of nitrogens with zero attached hydrogens (tertiary/aromatic N) is 5. The van der Waals surface area contributed by atoms with Crippen molar-refractivity contribution < 1.29 is 0 Å². The number of H-pyrrole nitrogens is 1. The summed E-state index contributed by atoms with van der Waals surface area (Å²) in [5.74, 6) is 1.06. The van der Waals surface area contributed by atoms with Crippen molar-refractivity contribution in [3.05, 3.63) is 87.2 Å². The average molecular weight is 471 g/mol. The van der Waals surface area contributed by atoms with E-state index in [1.807, 2.05) is 42.6 Å². The number of fused-ring (bicyclic) bond motifs is 2. The fraction of sp³-hybridized carbons (Fsp3) is 0.240. The first kappa shape index (κ1) is 20.9. The quantitative estimate of drug-likeness (QED) is 0.305. The maximum absolute atomic E-state index is 13.3. The molecule has 0 radical (unpaired) electrons. The molecule has 170 valence electrons. The number of hydrogen-bond acceptors (Lipinski definition) is 6. The molecule has 1 aromatic carbocycles. The highest BCUT2D eigenvalue weighted by atomic mass is 32.2. The van der Waals surface area contributed by atoms with Crippen LogP contribution in [0.4, 0.5) is 0 Å². The van der Waals surface area contributed by atoms with Crippen molar-refractivity contribution in [3.8, 4) is 5.95 Å².